The molecule has 0 aliphatic carbocycles. The van der Waals surface area contributed by atoms with E-state index < -0.39 is 11.7 Å². The number of benzene rings is 2. The van der Waals surface area contributed by atoms with Crippen LogP contribution in [0.4, 0.5) is 24.5 Å². The fourth-order valence-electron chi connectivity index (χ4n) is 3.34. The molecule has 0 spiro atoms. The molecule has 0 bridgehead atoms. The normalized spacial score (nSPS) is 13.7. The third-order valence-corrected chi connectivity index (χ3v) is 6.00. The zero-order chi connectivity index (χ0) is 18.7. The molecule has 140 valence electrons. The number of hydrogen-bond acceptors (Lipinski definition) is 2. The van der Waals surface area contributed by atoms with Crippen molar-refractivity contribution in [2.45, 2.75) is 36.2 Å². The molecule has 0 saturated carbocycles. The van der Waals surface area contributed by atoms with Crippen LogP contribution < -0.4 is 9.80 Å². The first-order valence-electron chi connectivity index (χ1n) is 9.03. The maximum Gasteiger partial charge on any atom is 0.416 e. The minimum atomic E-state index is -4.33. The molecule has 0 unspecified atom stereocenters. The van der Waals surface area contributed by atoms with E-state index in [9.17, 15) is 13.2 Å². The van der Waals surface area contributed by atoms with Crippen molar-refractivity contribution >= 4 is 23.1 Å². The molecule has 0 saturated heterocycles. The second-order valence-corrected chi connectivity index (χ2v) is 7.55. The Morgan fingerprint density at radius 1 is 0.962 bits per heavy atom. The molecular formula is C20H24F3N2S+. The maximum absolute atomic E-state index is 13.2. The van der Waals surface area contributed by atoms with Gasteiger partial charge in [-0.2, -0.15) is 13.2 Å². The number of nitrogens with one attached hydrogen (secondary N) is 1. The highest BCUT2D eigenvalue weighted by Crippen LogP contribution is 2.49. The Kier molecular flexibility index (Phi) is 5.82. The van der Waals surface area contributed by atoms with Crippen LogP contribution in [0, 0.1) is 0 Å². The summed E-state index contributed by atoms with van der Waals surface area (Å²) in [6, 6.07) is 12.0. The van der Waals surface area contributed by atoms with Gasteiger partial charge in [-0.1, -0.05) is 23.9 Å². The van der Waals surface area contributed by atoms with Gasteiger partial charge in [0.25, 0.3) is 0 Å². The number of quaternary nitrogens is 1. The molecule has 3 rings (SSSR count). The molecule has 0 amide bonds. The molecule has 1 N–H and O–H groups in total. The lowest BCUT2D eigenvalue weighted by Gasteiger charge is -2.33. The van der Waals surface area contributed by atoms with Gasteiger partial charge in [0.05, 0.1) is 36.6 Å². The highest BCUT2D eigenvalue weighted by atomic mass is 32.2. The van der Waals surface area contributed by atoms with Gasteiger partial charge in [-0.05, 0) is 44.2 Å². The molecule has 2 aromatic rings. The number of para-hydroxylation sites is 1. The van der Waals surface area contributed by atoms with Crippen LogP contribution in [0.15, 0.2) is 52.3 Å². The van der Waals surface area contributed by atoms with Crippen LogP contribution in [0.2, 0.25) is 0 Å². The summed E-state index contributed by atoms with van der Waals surface area (Å²) in [7, 11) is 0. The first kappa shape index (κ1) is 19.1. The van der Waals surface area contributed by atoms with E-state index in [2.05, 4.69) is 18.7 Å². The fraction of sp³-hybridized carbons (Fsp3) is 0.400. The average Bonchev–Trinajstić information content (AvgIpc) is 2.63. The molecule has 1 heterocycles. The van der Waals surface area contributed by atoms with Gasteiger partial charge in [-0.25, -0.2) is 0 Å². The highest BCUT2D eigenvalue weighted by molar-refractivity contribution is 7.99. The van der Waals surface area contributed by atoms with Crippen molar-refractivity contribution in [2.75, 3.05) is 31.1 Å². The molecule has 1 aliphatic heterocycles. The number of alkyl halides is 3. The first-order chi connectivity index (χ1) is 12.4. The average molecular weight is 381 g/mol. The summed E-state index contributed by atoms with van der Waals surface area (Å²) in [4.78, 5) is 5.54. The predicted octanol–water partition coefficient (Wildman–Crippen LogP) is 4.62. The number of rotatable bonds is 6. The van der Waals surface area contributed by atoms with E-state index in [1.807, 2.05) is 24.3 Å². The molecule has 26 heavy (non-hydrogen) atoms. The minimum Gasteiger partial charge on any atom is -0.339 e. The number of halogens is 3. The van der Waals surface area contributed by atoms with Gasteiger partial charge >= 0.3 is 6.18 Å². The van der Waals surface area contributed by atoms with Crippen molar-refractivity contribution < 1.29 is 18.1 Å². The Balaban J connectivity index is 1.91. The summed E-state index contributed by atoms with van der Waals surface area (Å²) >= 11 is 1.54. The van der Waals surface area contributed by atoms with Crippen molar-refractivity contribution in [3.63, 3.8) is 0 Å². The molecule has 1 aliphatic rings. The van der Waals surface area contributed by atoms with Crippen LogP contribution in [0.5, 0.6) is 0 Å². The van der Waals surface area contributed by atoms with Gasteiger partial charge < -0.3 is 9.80 Å². The topological polar surface area (TPSA) is 7.68 Å². The van der Waals surface area contributed by atoms with Gasteiger partial charge in [0.2, 0.25) is 0 Å². The van der Waals surface area contributed by atoms with E-state index in [4.69, 9.17) is 0 Å². The summed E-state index contributed by atoms with van der Waals surface area (Å²) in [5.41, 5.74) is 1.08. The number of fused-ring (bicyclic) bond motifs is 2. The zero-order valence-electron chi connectivity index (χ0n) is 15.1. The summed E-state index contributed by atoms with van der Waals surface area (Å²) in [6.45, 7) is 8.20. The quantitative estimate of drug-likeness (QED) is 0.781. The lowest BCUT2D eigenvalue weighted by atomic mass is 10.1. The van der Waals surface area contributed by atoms with Crippen molar-refractivity contribution in [1.82, 2.24) is 0 Å². The summed E-state index contributed by atoms with van der Waals surface area (Å²) in [6.07, 6.45) is -3.39. The fourth-order valence-corrected chi connectivity index (χ4v) is 4.41. The molecule has 2 nitrogen and oxygen atoms in total. The van der Waals surface area contributed by atoms with E-state index in [1.165, 1.54) is 17.0 Å². The second kappa shape index (κ2) is 7.92. The van der Waals surface area contributed by atoms with Crippen molar-refractivity contribution in [3.8, 4) is 0 Å². The summed E-state index contributed by atoms with van der Waals surface area (Å²) < 4.78 is 39.6. The number of hydrogen-bond donors (Lipinski definition) is 1. The maximum atomic E-state index is 13.2. The van der Waals surface area contributed by atoms with Gasteiger partial charge in [0, 0.05) is 22.8 Å². The number of anilines is 2. The molecule has 0 aromatic heterocycles. The van der Waals surface area contributed by atoms with Crippen LogP contribution in [0.3, 0.4) is 0 Å². The van der Waals surface area contributed by atoms with Crippen molar-refractivity contribution in [2.24, 2.45) is 0 Å². The minimum absolute atomic E-state index is 0.587. The Morgan fingerprint density at radius 2 is 1.65 bits per heavy atom. The molecule has 6 heteroatoms. The molecule has 2 aromatic carbocycles. The van der Waals surface area contributed by atoms with Crippen molar-refractivity contribution in [3.05, 3.63) is 48.0 Å². The Morgan fingerprint density at radius 3 is 2.35 bits per heavy atom. The Hall–Kier alpha value is -1.66. The lowest BCUT2D eigenvalue weighted by molar-refractivity contribution is -0.896. The van der Waals surface area contributed by atoms with Crippen LogP contribution in [0.25, 0.3) is 0 Å². The number of nitrogens with zero attached hydrogens (tertiary/aromatic N) is 1. The smallest absolute Gasteiger partial charge is 0.339 e. The van der Waals surface area contributed by atoms with E-state index in [0.717, 1.165) is 48.1 Å². The molecule has 0 radical (unpaired) electrons. The van der Waals surface area contributed by atoms with Crippen LogP contribution >= 0.6 is 11.8 Å². The first-order valence-corrected chi connectivity index (χ1v) is 9.85. The SMILES string of the molecule is CC[NH+](CC)CCCN1c2ccccc2Sc2ccc(C(F)(F)F)cc21. The monoisotopic (exact) mass is 381 g/mol. The summed E-state index contributed by atoms with van der Waals surface area (Å²) in [5.74, 6) is 0. The lowest BCUT2D eigenvalue weighted by Crippen LogP contribution is -3.11. The van der Waals surface area contributed by atoms with Gasteiger partial charge in [-0.15, -0.1) is 0 Å². The predicted molar refractivity (Wildman–Crippen MR) is 101 cm³/mol. The van der Waals surface area contributed by atoms with E-state index in [0.29, 0.717) is 5.69 Å². The van der Waals surface area contributed by atoms with Gasteiger partial charge in [0.15, 0.2) is 0 Å². The summed E-state index contributed by atoms with van der Waals surface area (Å²) in [5, 5.41) is 0. The Bertz CT molecular complexity index is 757. The van der Waals surface area contributed by atoms with E-state index in [1.54, 1.807) is 17.8 Å². The largest absolute Gasteiger partial charge is 0.416 e. The molecule has 0 atom stereocenters. The van der Waals surface area contributed by atoms with Gasteiger partial charge in [-0.3, -0.25) is 0 Å². The van der Waals surface area contributed by atoms with E-state index in [-0.39, 0.29) is 0 Å². The van der Waals surface area contributed by atoms with E-state index >= 15 is 0 Å². The van der Waals surface area contributed by atoms with Gasteiger partial charge in [0.1, 0.15) is 0 Å². The van der Waals surface area contributed by atoms with Crippen molar-refractivity contribution in [1.29, 1.82) is 0 Å². The molecular weight excluding hydrogens is 357 g/mol. The zero-order valence-corrected chi connectivity index (χ0v) is 15.9. The third-order valence-electron chi connectivity index (χ3n) is 4.87. The molecule has 0 fully saturated rings. The van der Waals surface area contributed by atoms with Crippen LogP contribution in [0.1, 0.15) is 25.8 Å². The highest BCUT2D eigenvalue weighted by Gasteiger charge is 2.33. The van der Waals surface area contributed by atoms with Crippen LogP contribution in [-0.2, 0) is 6.18 Å². The third kappa shape index (κ3) is 4.01. The Labute approximate surface area is 157 Å². The standard InChI is InChI=1S/C20H23F3N2S/c1-3-24(4-2)12-7-13-25-16-8-5-6-9-18(16)26-19-11-10-15(14-17(19)25)20(21,22)23/h5-6,8-11,14H,3-4,7,12-13H2,1-2H3/p+1. The second-order valence-electron chi connectivity index (χ2n) is 6.46. The van der Waals surface area contributed by atoms with Crippen LogP contribution in [-0.4, -0.2) is 26.2 Å².